The van der Waals surface area contributed by atoms with Crippen molar-refractivity contribution in [2.45, 2.75) is 32.7 Å². The molecular formula is C23H25N3O6. The Bertz CT molecular complexity index is 1120. The van der Waals surface area contributed by atoms with Crippen molar-refractivity contribution in [2.24, 2.45) is 5.92 Å². The molecule has 4 rings (SSSR count). The van der Waals surface area contributed by atoms with Crippen LogP contribution in [0.5, 0.6) is 11.5 Å². The minimum absolute atomic E-state index is 0.111. The summed E-state index contributed by atoms with van der Waals surface area (Å²) in [6, 6.07) is 8.25. The average Bonchev–Trinajstić information content (AvgIpc) is 3.04. The van der Waals surface area contributed by atoms with Gasteiger partial charge in [0.1, 0.15) is 5.69 Å². The summed E-state index contributed by atoms with van der Waals surface area (Å²) < 4.78 is 10.8. The van der Waals surface area contributed by atoms with Crippen LogP contribution in [0.3, 0.4) is 0 Å². The molecule has 1 fully saturated rings. The number of hydrogen-bond donors (Lipinski definition) is 0. The number of ether oxygens (including phenoxy) is 2. The fraction of sp³-hybridized carbons (Fsp3) is 0.391. The molecule has 0 saturated carbocycles. The smallest absolute Gasteiger partial charge is 0.294 e. The van der Waals surface area contributed by atoms with Gasteiger partial charge in [-0.1, -0.05) is 6.92 Å². The van der Waals surface area contributed by atoms with E-state index >= 15 is 0 Å². The van der Waals surface area contributed by atoms with Crippen LogP contribution in [-0.4, -0.2) is 37.5 Å². The third-order valence-electron chi connectivity index (χ3n) is 6.28. The summed E-state index contributed by atoms with van der Waals surface area (Å²) in [5, 5.41) is 11.9. The Balaban J connectivity index is 1.73. The van der Waals surface area contributed by atoms with Gasteiger partial charge in [-0.15, -0.1) is 0 Å². The van der Waals surface area contributed by atoms with Crippen molar-refractivity contribution in [2.75, 3.05) is 30.6 Å². The zero-order valence-corrected chi connectivity index (χ0v) is 18.5. The maximum atomic E-state index is 12.4. The van der Waals surface area contributed by atoms with Crippen LogP contribution in [0.2, 0.25) is 0 Å². The number of imide groups is 1. The molecule has 2 atom stereocenters. The molecule has 2 unspecified atom stereocenters. The lowest BCUT2D eigenvalue weighted by atomic mass is 9.92. The average molecular weight is 439 g/mol. The molecule has 2 aromatic carbocycles. The van der Waals surface area contributed by atoms with Crippen molar-refractivity contribution in [3.05, 3.63) is 51.6 Å². The van der Waals surface area contributed by atoms with Crippen LogP contribution in [0.4, 0.5) is 17.1 Å². The van der Waals surface area contributed by atoms with Gasteiger partial charge in [0.15, 0.2) is 11.5 Å². The molecule has 2 aliphatic rings. The summed E-state index contributed by atoms with van der Waals surface area (Å²) in [4.78, 5) is 39.2. The Morgan fingerprint density at radius 1 is 1.06 bits per heavy atom. The Kier molecular flexibility index (Phi) is 5.50. The van der Waals surface area contributed by atoms with Crippen molar-refractivity contribution >= 4 is 28.9 Å². The van der Waals surface area contributed by atoms with E-state index in [4.69, 9.17) is 9.47 Å². The number of anilines is 2. The SMILES string of the molecule is COc1cc2c(cc1OC)C(C)N(c1ccc(N3C(=O)CC(C)C3=O)cc1[N+](=O)[O-])CC2. The zero-order valence-electron chi connectivity index (χ0n) is 18.5. The Morgan fingerprint density at radius 3 is 2.34 bits per heavy atom. The van der Waals surface area contributed by atoms with Gasteiger partial charge in [0, 0.05) is 24.9 Å². The standard InChI is InChI=1S/C23H25N3O6/c1-13-9-22(27)25(23(13)28)16-5-6-18(19(11-16)26(29)30)24-8-7-15-10-20(31-3)21(32-4)12-17(15)14(24)2/h5-6,10-14H,7-9H2,1-4H3. The van der Waals surface area contributed by atoms with Gasteiger partial charge in [0.05, 0.1) is 30.9 Å². The van der Waals surface area contributed by atoms with E-state index in [2.05, 4.69) is 0 Å². The number of carbonyl (C=O) groups excluding carboxylic acids is 2. The number of benzene rings is 2. The largest absolute Gasteiger partial charge is 0.493 e. The number of fused-ring (bicyclic) bond motifs is 1. The Hall–Kier alpha value is -3.62. The molecule has 2 aliphatic heterocycles. The minimum Gasteiger partial charge on any atom is -0.493 e. The second-order valence-corrected chi connectivity index (χ2v) is 8.13. The first-order valence-corrected chi connectivity index (χ1v) is 10.4. The van der Waals surface area contributed by atoms with Gasteiger partial charge in [-0.2, -0.15) is 0 Å². The second kappa shape index (κ2) is 8.14. The van der Waals surface area contributed by atoms with E-state index in [1.54, 1.807) is 33.3 Å². The predicted molar refractivity (Wildman–Crippen MR) is 118 cm³/mol. The highest BCUT2D eigenvalue weighted by Crippen LogP contribution is 2.43. The van der Waals surface area contributed by atoms with Crippen LogP contribution in [0, 0.1) is 16.0 Å². The number of hydrogen-bond acceptors (Lipinski definition) is 7. The van der Waals surface area contributed by atoms with Crippen LogP contribution in [0.1, 0.15) is 37.4 Å². The first kappa shape index (κ1) is 21.6. The third kappa shape index (κ3) is 3.43. The molecule has 1 saturated heterocycles. The number of carbonyl (C=O) groups is 2. The van der Waals surface area contributed by atoms with Gasteiger partial charge in [0.2, 0.25) is 11.8 Å². The molecule has 2 heterocycles. The molecule has 2 amide bonds. The molecular weight excluding hydrogens is 414 g/mol. The van der Waals surface area contributed by atoms with Gasteiger partial charge in [0.25, 0.3) is 5.69 Å². The van der Waals surface area contributed by atoms with E-state index in [9.17, 15) is 19.7 Å². The molecule has 0 aliphatic carbocycles. The zero-order chi connectivity index (χ0) is 23.2. The first-order chi connectivity index (χ1) is 15.3. The highest BCUT2D eigenvalue weighted by Gasteiger charge is 2.38. The number of nitrogens with zero attached hydrogens (tertiary/aromatic N) is 3. The van der Waals surface area contributed by atoms with Crippen molar-refractivity contribution < 1.29 is 24.0 Å². The highest BCUT2D eigenvalue weighted by atomic mass is 16.6. The van der Waals surface area contributed by atoms with Crippen molar-refractivity contribution in [3.8, 4) is 11.5 Å². The van der Waals surface area contributed by atoms with Gasteiger partial charge in [-0.3, -0.25) is 24.6 Å². The van der Waals surface area contributed by atoms with Crippen molar-refractivity contribution in [1.29, 1.82) is 0 Å². The van der Waals surface area contributed by atoms with Gasteiger partial charge in [-0.05, 0) is 48.7 Å². The number of amides is 2. The van der Waals surface area contributed by atoms with Crippen LogP contribution < -0.4 is 19.3 Å². The lowest BCUT2D eigenvalue weighted by Crippen LogP contribution is -2.34. The molecule has 32 heavy (non-hydrogen) atoms. The second-order valence-electron chi connectivity index (χ2n) is 8.13. The minimum atomic E-state index is -0.468. The maximum Gasteiger partial charge on any atom is 0.294 e. The van der Waals surface area contributed by atoms with Crippen LogP contribution in [0.15, 0.2) is 30.3 Å². The topological polar surface area (TPSA) is 102 Å². The van der Waals surface area contributed by atoms with E-state index in [1.807, 2.05) is 24.0 Å². The van der Waals surface area contributed by atoms with E-state index in [0.29, 0.717) is 30.2 Å². The molecule has 9 nitrogen and oxygen atoms in total. The van der Waals surface area contributed by atoms with E-state index in [-0.39, 0.29) is 35.7 Å². The molecule has 0 radical (unpaired) electrons. The van der Waals surface area contributed by atoms with Gasteiger partial charge >= 0.3 is 0 Å². The number of nitro groups is 1. The van der Waals surface area contributed by atoms with E-state index < -0.39 is 10.8 Å². The Morgan fingerprint density at radius 2 is 1.75 bits per heavy atom. The van der Waals surface area contributed by atoms with Gasteiger partial charge in [-0.25, -0.2) is 0 Å². The quantitative estimate of drug-likeness (QED) is 0.398. The molecule has 2 aromatic rings. The number of nitro benzene ring substituents is 1. The third-order valence-corrected chi connectivity index (χ3v) is 6.28. The summed E-state index contributed by atoms with van der Waals surface area (Å²) in [5.41, 5.74) is 2.65. The van der Waals surface area contributed by atoms with Crippen LogP contribution in [0.25, 0.3) is 0 Å². The summed E-state index contributed by atoms with van der Waals surface area (Å²) >= 11 is 0. The summed E-state index contributed by atoms with van der Waals surface area (Å²) in [7, 11) is 3.16. The van der Waals surface area contributed by atoms with E-state index in [0.717, 1.165) is 16.0 Å². The molecule has 0 aromatic heterocycles. The lowest BCUT2D eigenvalue weighted by molar-refractivity contribution is -0.384. The lowest BCUT2D eigenvalue weighted by Gasteiger charge is -2.37. The number of methoxy groups -OCH3 is 2. The first-order valence-electron chi connectivity index (χ1n) is 10.4. The molecule has 0 bridgehead atoms. The van der Waals surface area contributed by atoms with Crippen LogP contribution >= 0.6 is 0 Å². The maximum absolute atomic E-state index is 12.4. The Labute approximate surface area is 185 Å². The summed E-state index contributed by atoms with van der Waals surface area (Å²) in [6.45, 7) is 4.23. The fourth-order valence-corrected chi connectivity index (χ4v) is 4.57. The van der Waals surface area contributed by atoms with Crippen molar-refractivity contribution in [1.82, 2.24) is 0 Å². The highest BCUT2D eigenvalue weighted by molar-refractivity contribution is 6.21. The van der Waals surface area contributed by atoms with Crippen molar-refractivity contribution in [3.63, 3.8) is 0 Å². The fourth-order valence-electron chi connectivity index (χ4n) is 4.57. The summed E-state index contributed by atoms with van der Waals surface area (Å²) in [6.07, 6.45) is 0.791. The van der Waals surface area contributed by atoms with E-state index in [1.165, 1.54) is 6.07 Å². The predicted octanol–water partition coefficient (Wildman–Crippen LogP) is 3.64. The monoisotopic (exact) mass is 439 g/mol. The normalized spacial score (nSPS) is 20.4. The molecule has 9 heteroatoms. The summed E-state index contributed by atoms with van der Waals surface area (Å²) in [5.74, 6) is 0.150. The number of rotatable bonds is 5. The molecule has 0 spiro atoms. The molecule has 0 N–H and O–H groups in total. The van der Waals surface area contributed by atoms with Gasteiger partial charge < -0.3 is 14.4 Å². The molecule has 168 valence electrons. The van der Waals surface area contributed by atoms with Crippen LogP contribution in [-0.2, 0) is 16.0 Å².